The number of carbonyl (C=O) groups excluding carboxylic acids is 2. The average molecular weight is 275 g/mol. The summed E-state index contributed by atoms with van der Waals surface area (Å²) in [5.74, 6) is 0.367. The fraction of sp³-hybridized carbons (Fsp3) is 0.533. The Kier molecular flexibility index (Phi) is 5.09. The summed E-state index contributed by atoms with van der Waals surface area (Å²) in [6, 6.07) is 5.54. The lowest BCUT2D eigenvalue weighted by molar-refractivity contribution is -0.137. The van der Waals surface area contributed by atoms with Crippen molar-refractivity contribution in [3.8, 4) is 0 Å². The van der Waals surface area contributed by atoms with Crippen molar-refractivity contribution in [3.05, 3.63) is 30.1 Å². The Labute approximate surface area is 119 Å². The number of pyridine rings is 1. The highest BCUT2D eigenvalue weighted by atomic mass is 16.2. The van der Waals surface area contributed by atoms with E-state index in [1.54, 1.807) is 11.1 Å². The maximum atomic E-state index is 12.0. The molecule has 0 spiro atoms. The van der Waals surface area contributed by atoms with Crippen molar-refractivity contribution in [2.45, 2.75) is 32.7 Å². The molecule has 0 saturated carbocycles. The Bertz CT molecular complexity index is 453. The number of aromatic nitrogens is 1. The fourth-order valence-corrected chi connectivity index (χ4v) is 2.26. The van der Waals surface area contributed by atoms with E-state index in [1.165, 1.54) is 0 Å². The smallest absolute Gasteiger partial charge is 0.232 e. The van der Waals surface area contributed by atoms with Gasteiger partial charge in [0.05, 0.1) is 12.2 Å². The molecule has 0 aliphatic carbocycles. The third kappa shape index (κ3) is 4.33. The van der Waals surface area contributed by atoms with Crippen LogP contribution in [0.2, 0.25) is 0 Å². The molecule has 1 aliphatic rings. The zero-order valence-corrected chi connectivity index (χ0v) is 11.8. The Morgan fingerprint density at radius 1 is 1.35 bits per heavy atom. The highest BCUT2D eigenvalue weighted by molar-refractivity contribution is 5.96. The zero-order valence-electron chi connectivity index (χ0n) is 11.8. The standard InChI is InChI=1S/C15H21N3O2/c1-12-5-8-18(9-6-12)15(20)10-14(19)17-11-13-4-2-3-7-16-13/h2-4,7,12H,5-6,8-11H2,1H3,(H,17,19). The maximum absolute atomic E-state index is 12.0. The first-order valence-electron chi connectivity index (χ1n) is 7.09. The minimum absolute atomic E-state index is 0.0682. The second-order valence-electron chi connectivity index (χ2n) is 5.34. The molecular weight excluding hydrogens is 254 g/mol. The number of rotatable bonds is 4. The Morgan fingerprint density at radius 2 is 2.10 bits per heavy atom. The van der Waals surface area contributed by atoms with Crippen molar-refractivity contribution >= 4 is 11.8 Å². The van der Waals surface area contributed by atoms with E-state index in [0.717, 1.165) is 31.6 Å². The summed E-state index contributed by atoms with van der Waals surface area (Å²) < 4.78 is 0. The molecule has 5 nitrogen and oxygen atoms in total. The average Bonchev–Trinajstić information content (AvgIpc) is 2.47. The molecule has 2 amide bonds. The number of amides is 2. The van der Waals surface area contributed by atoms with Crippen LogP contribution in [0.5, 0.6) is 0 Å². The van der Waals surface area contributed by atoms with Crippen LogP contribution in [0.15, 0.2) is 24.4 Å². The number of piperidine rings is 1. The highest BCUT2D eigenvalue weighted by Crippen LogP contribution is 2.16. The minimum Gasteiger partial charge on any atom is -0.350 e. The molecule has 1 aromatic heterocycles. The van der Waals surface area contributed by atoms with Gasteiger partial charge >= 0.3 is 0 Å². The highest BCUT2D eigenvalue weighted by Gasteiger charge is 2.21. The van der Waals surface area contributed by atoms with Crippen LogP contribution < -0.4 is 5.32 Å². The van der Waals surface area contributed by atoms with Crippen LogP contribution >= 0.6 is 0 Å². The Hall–Kier alpha value is -1.91. The number of nitrogens with zero attached hydrogens (tertiary/aromatic N) is 2. The van der Waals surface area contributed by atoms with E-state index in [4.69, 9.17) is 0 Å². The number of hydrogen-bond donors (Lipinski definition) is 1. The van der Waals surface area contributed by atoms with Gasteiger partial charge in [-0.15, -0.1) is 0 Å². The molecule has 1 aromatic rings. The lowest BCUT2D eigenvalue weighted by atomic mass is 9.99. The van der Waals surface area contributed by atoms with Crippen molar-refractivity contribution in [2.75, 3.05) is 13.1 Å². The summed E-state index contributed by atoms with van der Waals surface area (Å²) >= 11 is 0. The van der Waals surface area contributed by atoms with Gasteiger partial charge in [0.15, 0.2) is 0 Å². The van der Waals surface area contributed by atoms with E-state index in [9.17, 15) is 9.59 Å². The van der Waals surface area contributed by atoms with Gasteiger partial charge in [0.2, 0.25) is 11.8 Å². The molecule has 0 bridgehead atoms. The first-order valence-corrected chi connectivity index (χ1v) is 7.09. The summed E-state index contributed by atoms with van der Waals surface area (Å²) in [5, 5.41) is 2.73. The number of nitrogens with one attached hydrogen (secondary N) is 1. The number of likely N-dealkylation sites (tertiary alicyclic amines) is 1. The summed E-state index contributed by atoms with van der Waals surface area (Å²) in [5.41, 5.74) is 0.792. The zero-order chi connectivity index (χ0) is 14.4. The first-order chi connectivity index (χ1) is 9.65. The van der Waals surface area contributed by atoms with Crippen LogP contribution in [-0.2, 0) is 16.1 Å². The number of carbonyl (C=O) groups is 2. The van der Waals surface area contributed by atoms with Gasteiger partial charge in [-0.25, -0.2) is 0 Å². The third-order valence-corrected chi connectivity index (χ3v) is 3.64. The van der Waals surface area contributed by atoms with Gasteiger partial charge in [0, 0.05) is 19.3 Å². The van der Waals surface area contributed by atoms with Gasteiger partial charge in [0.1, 0.15) is 6.42 Å². The molecule has 2 heterocycles. The molecule has 1 saturated heterocycles. The SMILES string of the molecule is CC1CCN(C(=O)CC(=O)NCc2ccccn2)CC1. The molecule has 20 heavy (non-hydrogen) atoms. The van der Waals surface area contributed by atoms with Gasteiger partial charge in [-0.2, -0.15) is 0 Å². The Balaban J connectivity index is 1.72. The van der Waals surface area contributed by atoms with Gasteiger partial charge in [-0.3, -0.25) is 14.6 Å². The summed E-state index contributed by atoms with van der Waals surface area (Å²) in [6.07, 6.45) is 3.67. The largest absolute Gasteiger partial charge is 0.350 e. The van der Waals surface area contributed by atoms with Gasteiger partial charge < -0.3 is 10.2 Å². The quantitative estimate of drug-likeness (QED) is 0.844. The molecular formula is C15H21N3O2. The first kappa shape index (κ1) is 14.5. The summed E-state index contributed by atoms with van der Waals surface area (Å²) in [6.45, 7) is 4.10. The van der Waals surface area contributed by atoms with E-state index in [2.05, 4.69) is 17.2 Å². The molecule has 0 unspecified atom stereocenters. The molecule has 1 fully saturated rings. The van der Waals surface area contributed by atoms with Crippen molar-refractivity contribution in [1.82, 2.24) is 15.2 Å². The molecule has 0 atom stereocenters. The second-order valence-corrected chi connectivity index (χ2v) is 5.34. The predicted molar refractivity (Wildman–Crippen MR) is 75.7 cm³/mol. The lowest BCUT2D eigenvalue weighted by Crippen LogP contribution is -2.40. The van der Waals surface area contributed by atoms with Crippen molar-refractivity contribution in [3.63, 3.8) is 0 Å². The van der Waals surface area contributed by atoms with Crippen molar-refractivity contribution < 1.29 is 9.59 Å². The van der Waals surface area contributed by atoms with Crippen LogP contribution in [-0.4, -0.2) is 34.8 Å². The second kappa shape index (κ2) is 7.03. The molecule has 1 aliphatic heterocycles. The van der Waals surface area contributed by atoms with E-state index in [1.807, 2.05) is 18.2 Å². The maximum Gasteiger partial charge on any atom is 0.232 e. The number of hydrogen-bond acceptors (Lipinski definition) is 3. The van der Waals surface area contributed by atoms with Crippen molar-refractivity contribution in [1.29, 1.82) is 0 Å². The van der Waals surface area contributed by atoms with Crippen LogP contribution in [0.1, 0.15) is 31.9 Å². The third-order valence-electron chi connectivity index (χ3n) is 3.64. The van der Waals surface area contributed by atoms with Gasteiger partial charge in [0.25, 0.3) is 0 Å². The molecule has 1 N–H and O–H groups in total. The van der Waals surface area contributed by atoms with Gasteiger partial charge in [-0.1, -0.05) is 13.0 Å². The van der Waals surface area contributed by atoms with Gasteiger partial charge in [-0.05, 0) is 30.9 Å². The fourth-order valence-electron chi connectivity index (χ4n) is 2.26. The van der Waals surface area contributed by atoms with Crippen LogP contribution in [0.3, 0.4) is 0 Å². The molecule has 0 radical (unpaired) electrons. The summed E-state index contributed by atoms with van der Waals surface area (Å²) in [7, 11) is 0. The minimum atomic E-state index is -0.237. The monoisotopic (exact) mass is 275 g/mol. The topological polar surface area (TPSA) is 62.3 Å². The molecule has 0 aromatic carbocycles. The van der Waals surface area contributed by atoms with E-state index < -0.39 is 0 Å². The molecule has 108 valence electrons. The van der Waals surface area contributed by atoms with Crippen LogP contribution in [0.4, 0.5) is 0 Å². The van der Waals surface area contributed by atoms with Crippen LogP contribution in [0.25, 0.3) is 0 Å². The van der Waals surface area contributed by atoms with Crippen LogP contribution in [0, 0.1) is 5.92 Å². The lowest BCUT2D eigenvalue weighted by Gasteiger charge is -2.30. The Morgan fingerprint density at radius 3 is 2.75 bits per heavy atom. The van der Waals surface area contributed by atoms with E-state index in [-0.39, 0.29) is 18.2 Å². The van der Waals surface area contributed by atoms with E-state index in [0.29, 0.717) is 12.5 Å². The predicted octanol–water partition coefficient (Wildman–Crippen LogP) is 1.35. The summed E-state index contributed by atoms with van der Waals surface area (Å²) in [4.78, 5) is 29.6. The normalized spacial score (nSPS) is 15.9. The molecule has 2 rings (SSSR count). The van der Waals surface area contributed by atoms with E-state index >= 15 is 0 Å². The molecule has 5 heteroatoms. The van der Waals surface area contributed by atoms with Crippen molar-refractivity contribution in [2.24, 2.45) is 5.92 Å².